The van der Waals surface area contributed by atoms with Gasteiger partial charge in [-0.05, 0) is 53.9 Å². The van der Waals surface area contributed by atoms with E-state index >= 15 is 0 Å². The number of nitrogens with zero attached hydrogens (tertiary/aromatic N) is 4. The molecule has 0 aliphatic heterocycles. The van der Waals surface area contributed by atoms with Crippen LogP contribution in [0.1, 0.15) is 0 Å². The monoisotopic (exact) mass is 688 g/mol. The minimum Gasteiger partial charge on any atom is -0.309 e. The number of aromatic nitrogens is 4. The molecule has 0 radical (unpaired) electrons. The Kier molecular flexibility index (Phi) is 6.82. The Morgan fingerprint density at radius 2 is 0.870 bits per heavy atom. The third-order valence-corrected chi connectivity index (χ3v) is 10.7. The van der Waals surface area contributed by atoms with Crippen LogP contribution >= 0.6 is 0 Å². The normalized spacial score (nSPS) is 11.7. The average Bonchev–Trinajstić information content (AvgIpc) is 3.78. The number of benzene rings is 8. The molecule has 54 heavy (non-hydrogen) atoms. The summed E-state index contributed by atoms with van der Waals surface area (Å²) in [5, 5.41) is 7.50. The van der Waals surface area contributed by atoms with E-state index in [1.54, 1.807) is 0 Å². The van der Waals surface area contributed by atoms with Gasteiger partial charge in [-0.15, -0.1) is 0 Å². The van der Waals surface area contributed by atoms with Gasteiger partial charge < -0.3 is 9.13 Å². The fourth-order valence-electron chi connectivity index (χ4n) is 8.30. The molecule has 3 heterocycles. The van der Waals surface area contributed by atoms with Crippen molar-refractivity contribution in [1.82, 2.24) is 19.1 Å². The van der Waals surface area contributed by atoms with Gasteiger partial charge in [0.05, 0.1) is 33.5 Å². The van der Waals surface area contributed by atoms with Crippen LogP contribution in [0.15, 0.2) is 194 Å². The van der Waals surface area contributed by atoms with Crippen LogP contribution in [0.2, 0.25) is 0 Å². The molecule has 0 fully saturated rings. The lowest BCUT2D eigenvalue weighted by Crippen LogP contribution is -1.97. The second-order valence-electron chi connectivity index (χ2n) is 13.8. The Balaban J connectivity index is 1.13. The molecule has 0 aliphatic rings. The number of rotatable bonds is 5. The second kappa shape index (κ2) is 12.1. The van der Waals surface area contributed by atoms with E-state index in [9.17, 15) is 0 Å². The minimum absolute atomic E-state index is 0.713. The molecule has 0 saturated carbocycles. The van der Waals surface area contributed by atoms with Crippen molar-refractivity contribution in [3.63, 3.8) is 0 Å². The molecule has 4 nitrogen and oxygen atoms in total. The van der Waals surface area contributed by atoms with Gasteiger partial charge in [-0.2, -0.15) is 0 Å². The Morgan fingerprint density at radius 1 is 0.333 bits per heavy atom. The van der Waals surface area contributed by atoms with E-state index in [1.165, 1.54) is 54.4 Å². The van der Waals surface area contributed by atoms with Gasteiger partial charge in [0.25, 0.3) is 0 Å². The SMILES string of the molecule is c1ccc(-c2cc(-c3ccc(-n4c5ccccc5c5c6c7ccc8ccccc8c7n(-c7ccccc7)c6ccc54)cc3)nc(-c3ccccc3)n2)cc1. The van der Waals surface area contributed by atoms with Crippen molar-refractivity contribution in [2.75, 3.05) is 0 Å². The summed E-state index contributed by atoms with van der Waals surface area (Å²) in [6.45, 7) is 0. The zero-order chi connectivity index (χ0) is 35.6. The van der Waals surface area contributed by atoms with E-state index in [1.807, 2.05) is 24.3 Å². The quantitative estimate of drug-likeness (QED) is 0.180. The summed E-state index contributed by atoms with van der Waals surface area (Å²) in [7, 11) is 0. The van der Waals surface area contributed by atoms with Gasteiger partial charge in [0, 0.05) is 55.0 Å². The number of hydrogen-bond acceptors (Lipinski definition) is 2. The summed E-state index contributed by atoms with van der Waals surface area (Å²) in [4.78, 5) is 10.1. The molecule has 3 aromatic heterocycles. The first-order valence-electron chi connectivity index (χ1n) is 18.3. The summed E-state index contributed by atoms with van der Waals surface area (Å²) in [5.41, 5.74) is 11.9. The zero-order valence-corrected chi connectivity index (χ0v) is 29.3. The lowest BCUT2D eigenvalue weighted by molar-refractivity contribution is 1.17. The maximum Gasteiger partial charge on any atom is 0.160 e. The maximum atomic E-state index is 5.08. The predicted molar refractivity (Wildman–Crippen MR) is 225 cm³/mol. The summed E-state index contributed by atoms with van der Waals surface area (Å²) in [6.07, 6.45) is 0. The molecule has 0 spiro atoms. The third kappa shape index (κ3) is 4.70. The molecule has 8 aromatic carbocycles. The molecule has 0 N–H and O–H groups in total. The molecule has 0 bridgehead atoms. The van der Waals surface area contributed by atoms with Crippen molar-refractivity contribution < 1.29 is 0 Å². The van der Waals surface area contributed by atoms with E-state index in [2.05, 4.69) is 179 Å². The smallest absolute Gasteiger partial charge is 0.160 e. The van der Waals surface area contributed by atoms with Gasteiger partial charge in [0.1, 0.15) is 0 Å². The third-order valence-electron chi connectivity index (χ3n) is 10.7. The van der Waals surface area contributed by atoms with Crippen molar-refractivity contribution in [1.29, 1.82) is 0 Å². The molecule has 0 aliphatic carbocycles. The van der Waals surface area contributed by atoms with Crippen LogP contribution in [0.4, 0.5) is 0 Å². The van der Waals surface area contributed by atoms with E-state index in [-0.39, 0.29) is 0 Å². The molecular weight excluding hydrogens is 657 g/mol. The minimum atomic E-state index is 0.713. The Labute approximate surface area is 311 Å². The first kappa shape index (κ1) is 30.3. The summed E-state index contributed by atoms with van der Waals surface area (Å²) < 4.78 is 4.86. The average molecular weight is 689 g/mol. The lowest BCUT2D eigenvalue weighted by Gasteiger charge is -2.12. The highest BCUT2D eigenvalue weighted by Gasteiger charge is 2.22. The van der Waals surface area contributed by atoms with Gasteiger partial charge in [0.15, 0.2) is 5.82 Å². The first-order chi connectivity index (χ1) is 26.8. The van der Waals surface area contributed by atoms with Crippen molar-refractivity contribution >= 4 is 54.4 Å². The molecule has 11 aromatic rings. The summed E-state index contributed by atoms with van der Waals surface area (Å²) in [6, 6.07) is 68.9. The van der Waals surface area contributed by atoms with E-state index in [0.29, 0.717) is 5.82 Å². The van der Waals surface area contributed by atoms with Crippen LogP contribution in [0, 0.1) is 0 Å². The fraction of sp³-hybridized carbons (Fsp3) is 0. The summed E-state index contributed by atoms with van der Waals surface area (Å²) in [5.74, 6) is 0.713. The van der Waals surface area contributed by atoms with E-state index in [0.717, 1.165) is 39.5 Å². The molecule has 0 unspecified atom stereocenters. The van der Waals surface area contributed by atoms with Crippen molar-refractivity contribution in [3.05, 3.63) is 194 Å². The molecule has 0 amide bonds. The zero-order valence-electron chi connectivity index (χ0n) is 29.3. The predicted octanol–water partition coefficient (Wildman–Crippen LogP) is 12.8. The van der Waals surface area contributed by atoms with Crippen LogP contribution in [-0.4, -0.2) is 19.1 Å². The molecule has 4 heteroatoms. The Morgan fingerprint density at radius 3 is 1.59 bits per heavy atom. The fourth-order valence-corrected chi connectivity index (χ4v) is 8.30. The van der Waals surface area contributed by atoms with Gasteiger partial charge >= 0.3 is 0 Å². The number of hydrogen-bond donors (Lipinski definition) is 0. The largest absolute Gasteiger partial charge is 0.309 e. The van der Waals surface area contributed by atoms with Gasteiger partial charge in [0.2, 0.25) is 0 Å². The number of para-hydroxylation sites is 2. The van der Waals surface area contributed by atoms with Gasteiger partial charge in [-0.25, -0.2) is 9.97 Å². The molecule has 0 atom stereocenters. The topological polar surface area (TPSA) is 35.6 Å². The highest BCUT2D eigenvalue weighted by Crippen LogP contribution is 2.44. The first-order valence-corrected chi connectivity index (χ1v) is 18.3. The molecule has 252 valence electrons. The molecular formula is C50H32N4. The van der Waals surface area contributed by atoms with Gasteiger partial charge in [-0.3, -0.25) is 0 Å². The van der Waals surface area contributed by atoms with Crippen LogP contribution in [-0.2, 0) is 0 Å². The lowest BCUT2D eigenvalue weighted by atomic mass is 10.0. The molecule has 11 rings (SSSR count). The van der Waals surface area contributed by atoms with Crippen LogP contribution in [0.3, 0.4) is 0 Å². The highest BCUT2D eigenvalue weighted by molar-refractivity contribution is 6.31. The second-order valence-corrected chi connectivity index (χ2v) is 13.8. The van der Waals surface area contributed by atoms with Gasteiger partial charge in [-0.1, -0.05) is 146 Å². The maximum absolute atomic E-state index is 5.08. The van der Waals surface area contributed by atoms with Crippen LogP contribution in [0.25, 0.3) is 99.7 Å². The van der Waals surface area contributed by atoms with Crippen LogP contribution in [0.5, 0.6) is 0 Å². The van der Waals surface area contributed by atoms with Crippen molar-refractivity contribution in [2.45, 2.75) is 0 Å². The molecule has 0 saturated heterocycles. The number of fused-ring (bicyclic) bond motifs is 9. The van der Waals surface area contributed by atoms with Crippen molar-refractivity contribution in [2.24, 2.45) is 0 Å². The van der Waals surface area contributed by atoms with Crippen molar-refractivity contribution in [3.8, 4) is 45.3 Å². The Bertz CT molecular complexity index is 3120. The Hall–Kier alpha value is -7.30. The highest BCUT2D eigenvalue weighted by atomic mass is 15.0. The van der Waals surface area contributed by atoms with Crippen LogP contribution < -0.4 is 0 Å². The van der Waals surface area contributed by atoms with E-state index in [4.69, 9.17) is 9.97 Å². The standard InChI is InChI=1S/C50H32N4/c1-4-15-34(16-5-1)42-32-43(52-50(51-42)36-17-6-2-7-18-36)35-24-27-38(28-25-35)53-44-23-13-12-22-40(44)47-45(53)30-31-46-48(47)41-29-26-33-14-10-11-21-39(33)49(41)54(46)37-19-8-3-9-20-37/h1-32H. The summed E-state index contributed by atoms with van der Waals surface area (Å²) >= 11 is 0. The van der Waals surface area contributed by atoms with E-state index < -0.39 is 0 Å².